The summed E-state index contributed by atoms with van der Waals surface area (Å²) < 4.78 is 0. The van der Waals surface area contributed by atoms with E-state index in [-0.39, 0.29) is 0 Å². The fraction of sp³-hybridized carbons (Fsp3) is 0.143. The second kappa shape index (κ2) is 5.60. The number of nitro groups is 1. The van der Waals surface area contributed by atoms with Gasteiger partial charge in [-0.05, 0) is 24.6 Å². The predicted molar refractivity (Wildman–Crippen MR) is 74.3 cm³/mol. The fourth-order valence-electron chi connectivity index (χ4n) is 1.62. The summed E-state index contributed by atoms with van der Waals surface area (Å²) in [5, 5.41) is 10.2. The van der Waals surface area contributed by atoms with Crippen LogP contribution in [0.4, 0.5) is 0 Å². The minimum atomic E-state index is -0.445. The second-order valence-corrected chi connectivity index (χ2v) is 5.27. The molecule has 92 valence electrons. The maximum absolute atomic E-state index is 10.2. The van der Waals surface area contributed by atoms with Gasteiger partial charge in [-0.1, -0.05) is 29.8 Å². The largest absolute Gasteiger partial charge is 0.259 e. The van der Waals surface area contributed by atoms with Crippen LogP contribution in [0.25, 0.3) is 6.08 Å². The van der Waals surface area contributed by atoms with Crippen LogP contribution >= 0.6 is 11.3 Å². The summed E-state index contributed by atoms with van der Waals surface area (Å²) in [5.74, 6) is 0. The van der Waals surface area contributed by atoms with Crippen molar-refractivity contribution < 1.29 is 4.92 Å². The maximum Gasteiger partial charge on any atom is 0.235 e. The summed E-state index contributed by atoms with van der Waals surface area (Å²) in [6.07, 6.45) is 3.38. The van der Waals surface area contributed by atoms with Crippen LogP contribution in [-0.4, -0.2) is 4.92 Å². The van der Waals surface area contributed by atoms with Gasteiger partial charge in [-0.15, -0.1) is 11.3 Å². The third-order valence-electron chi connectivity index (χ3n) is 2.54. The molecular weight excluding hydrogens is 246 g/mol. The van der Waals surface area contributed by atoms with Crippen molar-refractivity contribution in [3.05, 3.63) is 73.6 Å². The third-order valence-corrected chi connectivity index (χ3v) is 3.59. The Morgan fingerprint density at radius 3 is 2.61 bits per heavy atom. The molecule has 4 heteroatoms. The highest BCUT2D eigenvalue weighted by atomic mass is 32.1. The number of aryl methyl sites for hydroxylation is 1. The number of hydrogen-bond acceptors (Lipinski definition) is 3. The zero-order valence-electron chi connectivity index (χ0n) is 10.00. The summed E-state index contributed by atoms with van der Waals surface area (Å²) in [6, 6.07) is 12.3. The molecule has 2 rings (SSSR count). The van der Waals surface area contributed by atoms with Crippen LogP contribution in [0.5, 0.6) is 0 Å². The van der Waals surface area contributed by atoms with Gasteiger partial charge in [-0.3, -0.25) is 10.1 Å². The quantitative estimate of drug-likeness (QED) is 0.617. The minimum Gasteiger partial charge on any atom is -0.259 e. The van der Waals surface area contributed by atoms with Crippen molar-refractivity contribution in [2.45, 2.75) is 13.3 Å². The molecule has 3 nitrogen and oxygen atoms in total. The van der Waals surface area contributed by atoms with Gasteiger partial charge in [0.25, 0.3) is 0 Å². The molecule has 0 fully saturated rings. The van der Waals surface area contributed by atoms with Gasteiger partial charge in [0.2, 0.25) is 6.20 Å². The van der Waals surface area contributed by atoms with Crippen LogP contribution in [0.2, 0.25) is 0 Å². The molecule has 2 aromatic rings. The van der Waals surface area contributed by atoms with Crippen molar-refractivity contribution >= 4 is 17.4 Å². The lowest BCUT2D eigenvalue weighted by molar-refractivity contribution is -0.400. The first kappa shape index (κ1) is 12.5. The van der Waals surface area contributed by atoms with E-state index in [1.165, 1.54) is 22.1 Å². The summed E-state index contributed by atoms with van der Waals surface area (Å²) in [6.45, 7) is 2.06. The first-order valence-electron chi connectivity index (χ1n) is 5.59. The predicted octanol–water partition coefficient (Wildman–Crippen LogP) is 3.89. The first-order valence-corrected chi connectivity index (χ1v) is 6.41. The van der Waals surface area contributed by atoms with Crippen LogP contribution in [0.15, 0.2) is 42.6 Å². The molecule has 18 heavy (non-hydrogen) atoms. The van der Waals surface area contributed by atoms with Crippen molar-refractivity contribution in [1.82, 2.24) is 0 Å². The Bertz CT molecular complexity index is 570. The highest BCUT2D eigenvalue weighted by molar-refractivity contribution is 7.12. The van der Waals surface area contributed by atoms with Crippen LogP contribution < -0.4 is 0 Å². The van der Waals surface area contributed by atoms with Crippen molar-refractivity contribution in [3.63, 3.8) is 0 Å². The summed E-state index contributed by atoms with van der Waals surface area (Å²) in [5.41, 5.74) is 2.51. The van der Waals surface area contributed by atoms with Crippen LogP contribution in [0.1, 0.15) is 20.9 Å². The molecule has 0 unspecified atom stereocenters. The Morgan fingerprint density at radius 1 is 1.22 bits per heavy atom. The van der Waals surface area contributed by atoms with Gasteiger partial charge in [0.05, 0.1) is 4.92 Å². The van der Waals surface area contributed by atoms with Crippen molar-refractivity contribution in [3.8, 4) is 0 Å². The smallest absolute Gasteiger partial charge is 0.235 e. The average molecular weight is 259 g/mol. The number of thiophene rings is 1. The molecule has 0 aliphatic heterocycles. The number of benzene rings is 1. The highest BCUT2D eigenvalue weighted by Gasteiger charge is 2.00. The van der Waals surface area contributed by atoms with E-state index in [1.54, 1.807) is 11.3 Å². The van der Waals surface area contributed by atoms with Gasteiger partial charge < -0.3 is 0 Å². The van der Waals surface area contributed by atoms with Gasteiger partial charge in [0.15, 0.2) is 0 Å². The molecule has 0 atom stereocenters. The Kier molecular flexibility index (Phi) is 3.89. The standard InChI is InChI=1S/C14H13NO2S/c1-11-2-4-12(5-3-11)10-14-7-6-13(18-14)8-9-15(16)17/h2-9H,10H2,1H3. The van der Waals surface area contributed by atoms with E-state index in [9.17, 15) is 10.1 Å². The minimum absolute atomic E-state index is 0.445. The number of hydrogen-bond donors (Lipinski definition) is 0. The molecule has 0 N–H and O–H groups in total. The van der Waals surface area contributed by atoms with Gasteiger partial charge in [0.1, 0.15) is 0 Å². The Morgan fingerprint density at radius 2 is 1.94 bits per heavy atom. The number of rotatable bonds is 4. The Balaban J connectivity index is 2.06. The van der Waals surface area contributed by atoms with Crippen LogP contribution in [-0.2, 0) is 6.42 Å². The van der Waals surface area contributed by atoms with Gasteiger partial charge in [-0.25, -0.2) is 0 Å². The number of nitrogens with zero attached hydrogens (tertiary/aromatic N) is 1. The van der Waals surface area contributed by atoms with E-state index in [1.807, 2.05) is 12.1 Å². The second-order valence-electron chi connectivity index (χ2n) is 4.07. The summed E-state index contributed by atoms with van der Waals surface area (Å²) >= 11 is 1.58. The molecule has 1 heterocycles. The molecule has 0 spiro atoms. The summed E-state index contributed by atoms with van der Waals surface area (Å²) in [7, 11) is 0. The lowest BCUT2D eigenvalue weighted by Crippen LogP contribution is -1.83. The molecule has 0 amide bonds. The van der Waals surface area contributed by atoms with E-state index in [0.717, 1.165) is 17.5 Å². The topological polar surface area (TPSA) is 43.1 Å². The summed E-state index contributed by atoms with van der Waals surface area (Å²) in [4.78, 5) is 11.9. The molecule has 1 aromatic carbocycles. The molecular formula is C14H13NO2S. The van der Waals surface area contributed by atoms with Gasteiger partial charge in [-0.2, -0.15) is 0 Å². The average Bonchev–Trinajstić information content (AvgIpc) is 2.77. The van der Waals surface area contributed by atoms with Gasteiger partial charge >= 0.3 is 0 Å². The van der Waals surface area contributed by atoms with E-state index in [4.69, 9.17) is 0 Å². The zero-order chi connectivity index (χ0) is 13.0. The maximum atomic E-state index is 10.2. The zero-order valence-corrected chi connectivity index (χ0v) is 10.8. The lowest BCUT2D eigenvalue weighted by Gasteiger charge is -1.99. The first-order chi connectivity index (χ1) is 8.63. The molecule has 0 bridgehead atoms. The van der Waals surface area contributed by atoms with Crippen molar-refractivity contribution in [2.75, 3.05) is 0 Å². The SMILES string of the molecule is Cc1ccc(Cc2ccc(C=C[N+](=O)[O-])s2)cc1. The molecule has 0 saturated carbocycles. The molecule has 0 aliphatic rings. The normalized spacial score (nSPS) is 10.9. The van der Waals surface area contributed by atoms with Crippen molar-refractivity contribution in [1.29, 1.82) is 0 Å². The molecule has 0 aliphatic carbocycles. The van der Waals surface area contributed by atoms with E-state index in [0.29, 0.717) is 0 Å². The Hall–Kier alpha value is -1.94. The monoisotopic (exact) mass is 259 g/mol. The Labute approximate surface area is 110 Å². The third kappa shape index (κ3) is 3.53. The van der Waals surface area contributed by atoms with E-state index >= 15 is 0 Å². The van der Waals surface area contributed by atoms with Crippen LogP contribution in [0, 0.1) is 17.0 Å². The van der Waals surface area contributed by atoms with Crippen molar-refractivity contribution in [2.24, 2.45) is 0 Å². The van der Waals surface area contributed by atoms with E-state index < -0.39 is 4.92 Å². The van der Waals surface area contributed by atoms with Crippen LogP contribution in [0.3, 0.4) is 0 Å². The molecule has 1 aromatic heterocycles. The fourth-order valence-corrected chi connectivity index (χ4v) is 2.56. The molecule has 0 radical (unpaired) electrons. The highest BCUT2D eigenvalue weighted by Crippen LogP contribution is 2.21. The lowest BCUT2D eigenvalue weighted by atomic mass is 10.1. The van der Waals surface area contributed by atoms with E-state index in [2.05, 4.69) is 31.2 Å². The van der Waals surface area contributed by atoms with Gasteiger partial charge in [0, 0.05) is 22.3 Å². The molecule has 0 saturated heterocycles.